The van der Waals surface area contributed by atoms with Crippen LogP contribution >= 0.6 is 11.3 Å². The minimum Gasteiger partial charge on any atom is -0.371 e. The maximum Gasteiger partial charge on any atom is 0.269 e. The molecule has 25 heavy (non-hydrogen) atoms. The lowest BCUT2D eigenvalue weighted by atomic mass is 10.1. The second-order valence-corrected chi connectivity index (χ2v) is 6.98. The zero-order valence-electron chi connectivity index (χ0n) is 13.3. The number of hydrogen-bond donors (Lipinski definition) is 1. The first kappa shape index (κ1) is 16.0. The fraction of sp³-hybridized carbons (Fsp3) is 0.294. The molecule has 1 aliphatic heterocycles. The van der Waals surface area contributed by atoms with Crippen LogP contribution < -0.4 is 10.2 Å². The first-order valence-corrected chi connectivity index (χ1v) is 8.88. The molecule has 1 amide bonds. The fourth-order valence-corrected chi connectivity index (χ4v) is 3.83. The van der Waals surface area contributed by atoms with Crippen molar-refractivity contribution in [2.75, 3.05) is 24.5 Å². The van der Waals surface area contributed by atoms with Gasteiger partial charge >= 0.3 is 0 Å². The first-order chi connectivity index (χ1) is 12.1. The first-order valence-electron chi connectivity index (χ1n) is 8.00. The van der Waals surface area contributed by atoms with Gasteiger partial charge in [-0.25, -0.2) is 13.8 Å². The van der Waals surface area contributed by atoms with E-state index < -0.39 is 11.6 Å². The molecule has 2 aromatic heterocycles. The minimum atomic E-state index is -0.840. The number of thiazole rings is 1. The van der Waals surface area contributed by atoms with Crippen molar-refractivity contribution in [1.82, 2.24) is 14.7 Å². The van der Waals surface area contributed by atoms with Gasteiger partial charge in [0.2, 0.25) is 0 Å². The quantitative estimate of drug-likeness (QED) is 0.776. The van der Waals surface area contributed by atoms with E-state index in [1.54, 1.807) is 16.7 Å². The van der Waals surface area contributed by atoms with E-state index >= 15 is 0 Å². The number of carbonyl (C=O) groups is 1. The van der Waals surface area contributed by atoms with Crippen molar-refractivity contribution in [3.05, 3.63) is 53.3 Å². The van der Waals surface area contributed by atoms with Crippen LogP contribution in [-0.2, 0) is 0 Å². The van der Waals surface area contributed by atoms with Crippen molar-refractivity contribution in [3.8, 4) is 0 Å². The number of rotatable bonds is 4. The van der Waals surface area contributed by atoms with Crippen LogP contribution in [0.4, 0.5) is 14.5 Å². The van der Waals surface area contributed by atoms with Crippen LogP contribution in [0.1, 0.15) is 16.9 Å². The summed E-state index contributed by atoms with van der Waals surface area (Å²) < 4.78 is 28.2. The van der Waals surface area contributed by atoms with Gasteiger partial charge in [-0.1, -0.05) is 0 Å². The average Bonchev–Trinajstić information content (AvgIpc) is 3.31. The highest BCUT2D eigenvalue weighted by Crippen LogP contribution is 2.25. The van der Waals surface area contributed by atoms with Crippen LogP contribution in [0.3, 0.4) is 0 Å². The summed E-state index contributed by atoms with van der Waals surface area (Å²) in [5, 5.41) is 4.83. The lowest BCUT2D eigenvalue weighted by Crippen LogP contribution is -2.31. The van der Waals surface area contributed by atoms with Crippen molar-refractivity contribution in [3.63, 3.8) is 0 Å². The Bertz CT molecular complexity index is 922. The molecule has 0 bridgehead atoms. The molecule has 5 nitrogen and oxygen atoms in total. The van der Waals surface area contributed by atoms with Gasteiger partial charge in [-0.3, -0.25) is 9.20 Å². The number of carbonyl (C=O) groups excluding carboxylic acids is 1. The number of imidazole rings is 1. The lowest BCUT2D eigenvalue weighted by Gasteiger charge is -2.19. The molecule has 0 spiro atoms. The zero-order chi connectivity index (χ0) is 17.4. The molecule has 1 aromatic carbocycles. The van der Waals surface area contributed by atoms with Crippen LogP contribution in [0.15, 0.2) is 36.0 Å². The van der Waals surface area contributed by atoms with Gasteiger partial charge in [-0.15, -0.1) is 11.3 Å². The van der Waals surface area contributed by atoms with Crippen LogP contribution in [-0.4, -0.2) is 34.9 Å². The van der Waals surface area contributed by atoms with Gasteiger partial charge in [0, 0.05) is 43.0 Å². The Morgan fingerprint density at radius 3 is 3.08 bits per heavy atom. The highest BCUT2D eigenvalue weighted by molar-refractivity contribution is 7.15. The van der Waals surface area contributed by atoms with E-state index in [9.17, 15) is 13.6 Å². The van der Waals surface area contributed by atoms with Crippen LogP contribution in [0, 0.1) is 17.6 Å². The van der Waals surface area contributed by atoms with Gasteiger partial charge in [0.05, 0.1) is 6.20 Å². The second kappa shape index (κ2) is 6.44. The lowest BCUT2D eigenvalue weighted by molar-refractivity contribution is 0.0942. The van der Waals surface area contributed by atoms with Crippen molar-refractivity contribution >= 4 is 27.9 Å². The van der Waals surface area contributed by atoms with Crippen LogP contribution in [0.5, 0.6) is 0 Å². The summed E-state index contributed by atoms with van der Waals surface area (Å²) in [6.45, 7) is 2.00. The molecule has 0 aliphatic carbocycles. The molecule has 0 radical (unpaired) electrons. The summed E-state index contributed by atoms with van der Waals surface area (Å²) >= 11 is 1.48. The van der Waals surface area contributed by atoms with E-state index in [2.05, 4.69) is 10.3 Å². The Morgan fingerprint density at radius 2 is 2.24 bits per heavy atom. The minimum absolute atomic E-state index is 0.155. The molecule has 1 atom stereocenters. The molecule has 3 aromatic rings. The summed E-state index contributed by atoms with van der Waals surface area (Å²) in [7, 11) is 0. The third kappa shape index (κ3) is 3.09. The number of nitrogens with zero attached hydrogens (tertiary/aromatic N) is 3. The Balaban J connectivity index is 1.36. The number of aromatic nitrogens is 2. The second-order valence-electron chi connectivity index (χ2n) is 6.11. The van der Waals surface area contributed by atoms with E-state index in [1.165, 1.54) is 17.4 Å². The Hall–Kier alpha value is -2.48. The predicted octanol–water partition coefficient (Wildman–Crippen LogP) is 2.93. The number of halogens is 2. The molecular formula is C17H16F2N4OS. The highest BCUT2D eigenvalue weighted by atomic mass is 32.1. The van der Waals surface area contributed by atoms with E-state index in [-0.39, 0.29) is 11.8 Å². The number of fused-ring (bicyclic) bond motifs is 1. The summed E-state index contributed by atoms with van der Waals surface area (Å²) in [6.07, 6.45) is 4.28. The van der Waals surface area contributed by atoms with E-state index in [0.717, 1.165) is 24.0 Å². The van der Waals surface area contributed by atoms with Gasteiger partial charge in [0.1, 0.15) is 5.69 Å². The topological polar surface area (TPSA) is 49.6 Å². The fourth-order valence-electron chi connectivity index (χ4n) is 3.14. The third-order valence-corrected chi connectivity index (χ3v) is 5.26. The summed E-state index contributed by atoms with van der Waals surface area (Å²) in [4.78, 5) is 19.3. The normalized spacial score (nSPS) is 17.4. The van der Waals surface area contributed by atoms with Crippen molar-refractivity contribution in [1.29, 1.82) is 0 Å². The summed E-state index contributed by atoms with van der Waals surface area (Å²) in [6, 6.07) is 3.94. The Morgan fingerprint density at radius 1 is 1.36 bits per heavy atom. The monoisotopic (exact) mass is 362 g/mol. The molecule has 1 aliphatic rings. The molecule has 3 heterocycles. The molecule has 4 rings (SSSR count). The molecule has 1 fully saturated rings. The van der Waals surface area contributed by atoms with E-state index in [4.69, 9.17) is 0 Å². The number of nitrogens with one attached hydrogen (secondary N) is 1. The van der Waals surface area contributed by atoms with Gasteiger partial charge in [0.25, 0.3) is 5.91 Å². The van der Waals surface area contributed by atoms with Crippen molar-refractivity contribution < 1.29 is 13.6 Å². The largest absolute Gasteiger partial charge is 0.371 e. The number of benzene rings is 1. The standard InChI is InChI=1S/C17H16F2N4OS/c18-13-2-1-12(7-14(13)19)22-4-3-11(10-22)8-20-16(24)15-9-21-17-23(15)5-6-25-17/h1-2,5-7,9,11H,3-4,8,10H2,(H,20,24). The molecule has 0 saturated carbocycles. The number of amides is 1. The highest BCUT2D eigenvalue weighted by Gasteiger charge is 2.24. The third-order valence-electron chi connectivity index (χ3n) is 4.48. The average molecular weight is 362 g/mol. The van der Waals surface area contributed by atoms with Gasteiger partial charge in [0.15, 0.2) is 16.6 Å². The number of anilines is 1. The van der Waals surface area contributed by atoms with Crippen molar-refractivity contribution in [2.45, 2.75) is 6.42 Å². The van der Waals surface area contributed by atoms with Crippen molar-refractivity contribution in [2.24, 2.45) is 5.92 Å². The predicted molar refractivity (Wildman–Crippen MR) is 92.1 cm³/mol. The number of hydrogen-bond acceptors (Lipinski definition) is 4. The van der Waals surface area contributed by atoms with Gasteiger partial charge < -0.3 is 10.2 Å². The maximum absolute atomic E-state index is 13.4. The van der Waals surface area contributed by atoms with Gasteiger partial charge in [-0.05, 0) is 24.5 Å². The smallest absolute Gasteiger partial charge is 0.269 e. The maximum atomic E-state index is 13.4. The zero-order valence-corrected chi connectivity index (χ0v) is 14.1. The van der Waals surface area contributed by atoms with E-state index in [1.807, 2.05) is 16.5 Å². The summed E-state index contributed by atoms with van der Waals surface area (Å²) in [5.74, 6) is -1.57. The Labute approximate surface area is 146 Å². The molecule has 8 heteroatoms. The SMILES string of the molecule is O=C(NCC1CCN(c2ccc(F)c(F)c2)C1)c1cnc2sccn12. The summed E-state index contributed by atoms with van der Waals surface area (Å²) in [5.41, 5.74) is 1.19. The molecule has 130 valence electrons. The molecule has 1 N–H and O–H groups in total. The van der Waals surface area contributed by atoms with Crippen LogP contribution in [0.2, 0.25) is 0 Å². The van der Waals surface area contributed by atoms with E-state index in [0.29, 0.717) is 24.5 Å². The molecular weight excluding hydrogens is 346 g/mol. The van der Waals surface area contributed by atoms with Crippen LogP contribution in [0.25, 0.3) is 4.96 Å². The molecule has 1 unspecified atom stereocenters. The molecule has 1 saturated heterocycles. The van der Waals surface area contributed by atoms with Gasteiger partial charge in [-0.2, -0.15) is 0 Å². The Kier molecular flexibility index (Phi) is 4.12.